The molecule has 7 heteroatoms. The summed E-state index contributed by atoms with van der Waals surface area (Å²) in [5, 5.41) is 19.6. The number of nitrogens with zero attached hydrogens (tertiary/aromatic N) is 2. The molecule has 0 atom stereocenters. The van der Waals surface area contributed by atoms with E-state index in [9.17, 15) is 14.9 Å². The molecule has 0 fully saturated rings. The standard InChI is InChI=1S/C14H20N2O5/c1-14(2,3)21-13(18)15(8-9-17)10-11-4-6-12(7-5-11)16(19)20/h4-7,17H,8-10H2,1-3H3. The summed E-state index contributed by atoms with van der Waals surface area (Å²) in [7, 11) is 0. The summed E-state index contributed by atoms with van der Waals surface area (Å²) in [6, 6.07) is 5.91. The predicted molar refractivity (Wildman–Crippen MR) is 76.8 cm³/mol. The predicted octanol–water partition coefficient (Wildman–Crippen LogP) is 2.32. The molecule has 0 aliphatic carbocycles. The van der Waals surface area contributed by atoms with E-state index >= 15 is 0 Å². The van der Waals surface area contributed by atoms with Gasteiger partial charge in [-0.05, 0) is 26.3 Å². The summed E-state index contributed by atoms with van der Waals surface area (Å²) >= 11 is 0. The van der Waals surface area contributed by atoms with Crippen molar-refractivity contribution in [3.63, 3.8) is 0 Å². The van der Waals surface area contributed by atoms with Gasteiger partial charge < -0.3 is 14.7 Å². The summed E-state index contributed by atoms with van der Waals surface area (Å²) < 4.78 is 5.25. The Kier molecular flexibility index (Phi) is 5.66. The Morgan fingerprint density at radius 2 is 1.90 bits per heavy atom. The van der Waals surface area contributed by atoms with Gasteiger partial charge in [0, 0.05) is 25.2 Å². The van der Waals surface area contributed by atoms with Gasteiger partial charge in [0.15, 0.2) is 0 Å². The number of non-ortho nitro benzene ring substituents is 1. The molecule has 1 aromatic carbocycles. The van der Waals surface area contributed by atoms with Crippen LogP contribution in [0.25, 0.3) is 0 Å². The van der Waals surface area contributed by atoms with Gasteiger partial charge in [-0.1, -0.05) is 12.1 Å². The fourth-order valence-corrected chi connectivity index (χ4v) is 1.63. The van der Waals surface area contributed by atoms with Crippen LogP contribution in [-0.4, -0.2) is 39.8 Å². The molecule has 0 saturated heterocycles. The first-order valence-corrected chi connectivity index (χ1v) is 6.55. The first-order chi connectivity index (χ1) is 9.73. The highest BCUT2D eigenvalue weighted by Gasteiger charge is 2.22. The topological polar surface area (TPSA) is 92.9 Å². The summed E-state index contributed by atoms with van der Waals surface area (Å²) in [6.45, 7) is 5.43. The fraction of sp³-hybridized carbons (Fsp3) is 0.500. The largest absolute Gasteiger partial charge is 0.444 e. The molecule has 21 heavy (non-hydrogen) atoms. The fourth-order valence-electron chi connectivity index (χ4n) is 1.63. The number of aliphatic hydroxyl groups excluding tert-OH is 1. The zero-order chi connectivity index (χ0) is 16.0. The number of carbonyl (C=O) groups excluding carboxylic acids is 1. The van der Waals surface area contributed by atoms with Gasteiger partial charge >= 0.3 is 6.09 Å². The van der Waals surface area contributed by atoms with Crippen molar-refractivity contribution in [2.45, 2.75) is 32.9 Å². The summed E-state index contributed by atoms with van der Waals surface area (Å²) in [5.74, 6) is 0. The van der Waals surface area contributed by atoms with Crippen LogP contribution in [0.4, 0.5) is 10.5 Å². The molecule has 0 spiro atoms. The van der Waals surface area contributed by atoms with Crippen LogP contribution in [0, 0.1) is 10.1 Å². The van der Waals surface area contributed by atoms with Crippen LogP contribution in [0.15, 0.2) is 24.3 Å². The molecule has 0 aliphatic rings. The Labute approximate surface area is 123 Å². The molecule has 0 bridgehead atoms. The molecule has 1 rings (SSSR count). The second-order valence-corrected chi connectivity index (χ2v) is 5.55. The minimum Gasteiger partial charge on any atom is -0.444 e. The van der Waals surface area contributed by atoms with Gasteiger partial charge in [-0.2, -0.15) is 0 Å². The number of rotatable bonds is 5. The quantitative estimate of drug-likeness (QED) is 0.665. The highest BCUT2D eigenvalue weighted by Crippen LogP contribution is 2.15. The van der Waals surface area contributed by atoms with E-state index in [1.54, 1.807) is 32.9 Å². The Balaban J connectivity index is 2.78. The van der Waals surface area contributed by atoms with E-state index in [-0.39, 0.29) is 25.4 Å². The third-order valence-corrected chi connectivity index (χ3v) is 2.54. The minimum absolute atomic E-state index is 0.00951. The molecule has 1 aromatic rings. The molecule has 0 aliphatic heterocycles. The Bertz CT molecular complexity index is 493. The van der Waals surface area contributed by atoms with E-state index in [1.807, 2.05) is 0 Å². The van der Waals surface area contributed by atoms with Crippen molar-refractivity contribution in [1.29, 1.82) is 0 Å². The van der Waals surface area contributed by atoms with Gasteiger partial charge in [-0.15, -0.1) is 0 Å². The molecule has 1 amide bonds. The van der Waals surface area contributed by atoms with E-state index in [0.29, 0.717) is 0 Å². The first-order valence-electron chi connectivity index (χ1n) is 6.55. The molecule has 1 N–H and O–H groups in total. The van der Waals surface area contributed by atoms with Crippen LogP contribution in [-0.2, 0) is 11.3 Å². The first kappa shape index (κ1) is 16.9. The van der Waals surface area contributed by atoms with E-state index in [0.717, 1.165) is 5.56 Å². The van der Waals surface area contributed by atoms with Crippen molar-refractivity contribution in [2.75, 3.05) is 13.2 Å². The number of amides is 1. The molecular weight excluding hydrogens is 276 g/mol. The number of ether oxygens (including phenoxy) is 1. The summed E-state index contributed by atoms with van der Waals surface area (Å²) in [5.41, 5.74) is 0.0879. The lowest BCUT2D eigenvalue weighted by atomic mass is 10.2. The van der Waals surface area contributed by atoms with Crippen LogP contribution < -0.4 is 0 Å². The maximum atomic E-state index is 12.0. The number of hydrogen-bond acceptors (Lipinski definition) is 5. The Morgan fingerprint density at radius 1 is 1.33 bits per heavy atom. The number of nitro groups is 1. The molecular formula is C14H20N2O5. The van der Waals surface area contributed by atoms with Crippen molar-refractivity contribution in [1.82, 2.24) is 4.90 Å². The van der Waals surface area contributed by atoms with Gasteiger partial charge in [-0.25, -0.2) is 4.79 Å². The molecule has 7 nitrogen and oxygen atoms in total. The van der Waals surface area contributed by atoms with E-state index in [2.05, 4.69) is 0 Å². The second-order valence-electron chi connectivity index (χ2n) is 5.55. The van der Waals surface area contributed by atoms with Crippen LogP contribution in [0.2, 0.25) is 0 Å². The Hall–Kier alpha value is -2.15. The average molecular weight is 296 g/mol. The molecule has 116 valence electrons. The third kappa shape index (κ3) is 5.78. The van der Waals surface area contributed by atoms with Gasteiger partial charge in [0.25, 0.3) is 5.69 Å². The van der Waals surface area contributed by atoms with Crippen LogP contribution >= 0.6 is 0 Å². The highest BCUT2D eigenvalue weighted by molar-refractivity contribution is 5.68. The lowest BCUT2D eigenvalue weighted by Gasteiger charge is -2.27. The smallest absolute Gasteiger partial charge is 0.410 e. The number of aliphatic hydroxyl groups is 1. The van der Waals surface area contributed by atoms with Crippen LogP contribution in [0.5, 0.6) is 0 Å². The lowest BCUT2D eigenvalue weighted by molar-refractivity contribution is -0.384. The molecule has 0 aromatic heterocycles. The molecule has 0 radical (unpaired) electrons. The van der Waals surface area contributed by atoms with E-state index < -0.39 is 16.6 Å². The monoisotopic (exact) mass is 296 g/mol. The van der Waals surface area contributed by atoms with Crippen LogP contribution in [0.3, 0.4) is 0 Å². The van der Waals surface area contributed by atoms with E-state index in [1.165, 1.54) is 17.0 Å². The van der Waals surface area contributed by atoms with Crippen molar-refractivity contribution in [3.05, 3.63) is 39.9 Å². The lowest BCUT2D eigenvalue weighted by Crippen LogP contribution is -2.38. The van der Waals surface area contributed by atoms with Crippen molar-refractivity contribution < 1.29 is 19.6 Å². The van der Waals surface area contributed by atoms with Crippen molar-refractivity contribution in [2.24, 2.45) is 0 Å². The van der Waals surface area contributed by atoms with Crippen molar-refractivity contribution in [3.8, 4) is 0 Å². The molecule has 0 saturated carbocycles. The SMILES string of the molecule is CC(C)(C)OC(=O)N(CCO)Cc1ccc([N+](=O)[O-])cc1. The maximum Gasteiger partial charge on any atom is 0.410 e. The van der Waals surface area contributed by atoms with Gasteiger partial charge in [0.05, 0.1) is 11.5 Å². The zero-order valence-corrected chi connectivity index (χ0v) is 12.4. The average Bonchev–Trinajstić information content (AvgIpc) is 2.36. The second kappa shape index (κ2) is 7.03. The number of benzene rings is 1. The van der Waals surface area contributed by atoms with Crippen LogP contribution in [0.1, 0.15) is 26.3 Å². The summed E-state index contributed by atoms with van der Waals surface area (Å²) in [6.07, 6.45) is -0.532. The van der Waals surface area contributed by atoms with Gasteiger partial charge in [0.1, 0.15) is 5.60 Å². The van der Waals surface area contributed by atoms with Gasteiger partial charge in [-0.3, -0.25) is 10.1 Å². The third-order valence-electron chi connectivity index (χ3n) is 2.54. The highest BCUT2D eigenvalue weighted by atomic mass is 16.6. The minimum atomic E-state index is -0.625. The van der Waals surface area contributed by atoms with Gasteiger partial charge in [0.2, 0.25) is 0 Å². The van der Waals surface area contributed by atoms with E-state index in [4.69, 9.17) is 9.84 Å². The van der Waals surface area contributed by atoms with Crippen molar-refractivity contribution >= 4 is 11.8 Å². The number of carbonyl (C=O) groups is 1. The Morgan fingerprint density at radius 3 is 2.33 bits per heavy atom. The summed E-state index contributed by atoms with van der Waals surface area (Å²) in [4.78, 5) is 23.5. The number of nitro benzene ring substituents is 1. The maximum absolute atomic E-state index is 12.0. The zero-order valence-electron chi connectivity index (χ0n) is 12.4. The number of hydrogen-bond donors (Lipinski definition) is 1. The normalized spacial score (nSPS) is 11.0. The molecule has 0 unspecified atom stereocenters. The molecule has 0 heterocycles.